The predicted octanol–water partition coefficient (Wildman–Crippen LogP) is 6.52. The summed E-state index contributed by atoms with van der Waals surface area (Å²) in [5.41, 5.74) is 3.78. The molecule has 0 bridgehead atoms. The van der Waals surface area contributed by atoms with Gasteiger partial charge in [-0.1, -0.05) is 29.8 Å². The van der Waals surface area contributed by atoms with E-state index in [9.17, 15) is 18.0 Å². The number of nitrogens with one attached hydrogen (secondary N) is 2. The van der Waals surface area contributed by atoms with Crippen LogP contribution in [0.3, 0.4) is 0 Å². The number of H-pyrrole nitrogens is 1. The molecule has 0 aliphatic heterocycles. The van der Waals surface area contributed by atoms with Crippen molar-refractivity contribution in [3.8, 4) is 11.4 Å². The zero-order chi connectivity index (χ0) is 22.7. The predicted molar refractivity (Wildman–Crippen MR) is 119 cm³/mol. The van der Waals surface area contributed by atoms with Crippen LogP contribution in [0.4, 0.5) is 18.9 Å². The molecule has 0 saturated carbocycles. The SMILES string of the molecule is Cc1ccc2[nH]c(-c3ccccn3)c(CCCC(=O)Nc3ccccc3C(F)(F)F)c2c1. The fourth-order valence-electron chi connectivity index (χ4n) is 3.83. The number of para-hydroxylation sites is 1. The molecule has 0 spiro atoms. The number of aromatic amines is 1. The molecule has 2 heterocycles. The smallest absolute Gasteiger partial charge is 0.353 e. The van der Waals surface area contributed by atoms with Crippen molar-refractivity contribution in [3.05, 3.63) is 83.6 Å². The number of nitrogens with zero attached hydrogens (tertiary/aromatic N) is 1. The summed E-state index contributed by atoms with van der Waals surface area (Å²) in [6, 6.07) is 16.8. The van der Waals surface area contributed by atoms with Gasteiger partial charge in [0.05, 0.1) is 22.6 Å². The van der Waals surface area contributed by atoms with Crippen LogP contribution in [0.5, 0.6) is 0 Å². The van der Waals surface area contributed by atoms with E-state index in [0.29, 0.717) is 12.8 Å². The van der Waals surface area contributed by atoms with E-state index in [4.69, 9.17) is 0 Å². The first-order valence-corrected chi connectivity index (χ1v) is 10.3. The first kappa shape index (κ1) is 21.6. The Bertz CT molecular complexity index is 1250. The van der Waals surface area contributed by atoms with E-state index in [2.05, 4.69) is 21.4 Å². The molecule has 0 unspecified atom stereocenters. The molecule has 2 N–H and O–H groups in total. The third-order valence-corrected chi connectivity index (χ3v) is 5.32. The summed E-state index contributed by atoms with van der Waals surface area (Å²) in [7, 11) is 0. The normalized spacial score (nSPS) is 11.6. The lowest BCUT2D eigenvalue weighted by Gasteiger charge is -2.13. The Morgan fingerprint density at radius 2 is 1.84 bits per heavy atom. The minimum Gasteiger partial charge on any atom is -0.353 e. The molecule has 4 rings (SSSR count). The minimum absolute atomic E-state index is 0.104. The third kappa shape index (κ3) is 4.66. The van der Waals surface area contributed by atoms with Crippen molar-refractivity contribution in [2.24, 2.45) is 0 Å². The van der Waals surface area contributed by atoms with E-state index in [0.717, 1.165) is 39.5 Å². The zero-order valence-corrected chi connectivity index (χ0v) is 17.5. The number of anilines is 1. The third-order valence-electron chi connectivity index (χ3n) is 5.32. The van der Waals surface area contributed by atoms with Crippen molar-refractivity contribution >= 4 is 22.5 Å². The Balaban J connectivity index is 1.52. The number of rotatable bonds is 6. The van der Waals surface area contributed by atoms with Gasteiger partial charge in [-0.05, 0) is 61.7 Å². The van der Waals surface area contributed by atoms with Gasteiger partial charge >= 0.3 is 6.18 Å². The second-order valence-corrected chi connectivity index (χ2v) is 7.69. The van der Waals surface area contributed by atoms with E-state index in [1.165, 1.54) is 18.2 Å². The summed E-state index contributed by atoms with van der Waals surface area (Å²) in [6.07, 6.45) is -1.62. The fourth-order valence-corrected chi connectivity index (χ4v) is 3.83. The molecule has 0 saturated heterocycles. The number of benzene rings is 2. The first-order chi connectivity index (χ1) is 15.3. The van der Waals surface area contributed by atoms with Crippen LogP contribution in [-0.2, 0) is 17.4 Å². The number of hydrogen-bond acceptors (Lipinski definition) is 2. The number of alkyl halides is 3. The van der Waals surface area contributed by atoms with Crippen molar-refractivity contribution in [1.29, 1.82) is 0 Å². The number of hydrogen-bond donors (Lipinski definition) is 2. The lowest BCUT2D eigenvalue weighted by Crippen LogP contribution is -2.16. The maximum atomic E-state index is 13.2. The monoisotopic (exact) mass is 437 g/mol. The molecule has 164 valence electrons. The molecular weight excluding hydrogens is 415 g/mol. The lowest BCUT2D eigenvalue weighted by atomic mass is 10.0. The average Bonchev–Trinajstić information content (AvgIpc) is 3.12. The van der Waals surface area contributed by atoms with Crippen molar-refractivity contribution in [1.82, 2.24) is 9.97 Å². The number of aryl methyl sites for hydroxylation is 2. The van der Waals surface area contributed by atoms with Gasteiger partial charge in [-0.3, -0.25) is 9.78 Å². The Morgan fingerprint density at radius 3 is 2.59 bits per heavy atom. The largest absolute Gasteiger partial charge is 0.418 e. The van der Waals surface area contributed by atoms with Gasteiger partial charge < -0.3 is 10.3 Å². The molecule has 1 amide bonds. The molecule has 7 heteroatoms. The average molecular weight is 437 g/mol. The van der Waals surface area contributed by atoms with Crippen LogP contribution in [-0.4, -0.2) is 15.9 Å². The highest BCUT2D eigenvalue weighted by atomic mass is 19.4. The topological polar surface area (TPSA) is 57.8 Å². The van der Waals surface area contributed by atoms with Gasteiger partial charge in [-0.25, -0.2) is 0 Å². The maximum absolute atomic E-state index is 13.2. The van der Waals surface area contributed by atoms with Crippen LogP contribution in [0.1, 0.15) is 29.5 Å². The van der Waals surface area contributed by atoms with E-state index in [1.807, 2.05) is 37.3 Å². The van der Waals surface area contributed by atoms with Crippen LogP contribution in [0.25, 0.3) is 22.3 Å². The van der Waals surface area contributed by atoms with Crippen molar-refractivity contribution in [2.45, 2.75) is 32.4 Å². The number of fused-ring (bicyclic) bond motifs is 1. The van der Waals surface area contributed by atoms with E-state index < -0.39 is 17.6 Å². The Labute approximate surface area is 183 Å². The quantitative estimate of drug-likeness (QED) is 0.361. The zero-order valence-electron chi connectivity index (χ0n) is 17.5. The molecule has 2 aromatic heterocycles. The molecule has 0 radical (unpaired) electrons. The Morgan fingerprint density at radius 1 is 1.06 bits per heavy atom. The Hall–Kier alpha value is -3.61. The number of halogens is 3. The summed E-state index contributed by atoms with van der Waals surface area (Å²) < 4.78 is 39.5. The summed E-state index contributed by atoms with van der Waals surface area (Å²) in [6.45, 7) is 2.02. The van der Waals surface area contributed by atoms with Gasteiger partial charge in [0.15, 0.2) is 0 Å². The summed E-state index contributed by atoms with van der Waals surface area (Å²) in [5, 5.41) is 3.47. The number of aromatic nitrogens is 2. The van der Waals surface area contributed by atoms with E-state index in [1.54, 1.807) is 6.20 Å². The van der Waals surface area contributed by atoms with Crippen molar-refractivity contribution in [2.75, 3.05) is 5.32 Å². The van der Waals surface area contributed by atoms with Crippen LogP contribution in [0.15, 0.2) is 66.9 Å². The molecule has 4 nitrogen and oxygen atoms in total. The van der Waals surface area contributed by atoms with Crippen LogP contribution in [0.2, 0.25) is 0 Å². The molecule has 0 aliphatic carbocycles. The van der Waals surface area contributed by atoms with Crippen molar-refractivity contribution < 1.29 is 18.0 Å². The van der Waals surface area contributed by atoms with Gasteiger partial charge in [0.2, 0.25) is 5.91 Å². The van der Waals surface area contributed by atoms with Crippen LogP contribution >= 0.6 is 0 Å². The lowest BCUT2D eigenvalue weighted by molar-refractivity contribution is -0.137. The van der Waals surface area contributed by atoms with Gasteiger partial charge in [0.1, 0.15) is 0 Å². The maximum Gasteiger partial charge on any atom is 0.418 e. The van der Waals surface area contributed by atoms with Crippen LogP contribution in [0, 0.1) is 6.92 Å². The number of pyridine rings is 1. The highest BCUT2D eigenvalue weighted by Gasteiger charge is 2.33. The first-order valence-electron chi connectivity index (χ1n) is 10.3. The number of carbonyl (C=O) groups excluding carboxylic acids is 1. The molecule has 0 atom stereocenters. The molecule has 0 aliphatic rings. The van der Waals surface area contributed by atoms with E-state index in [-0.39, 0.29) is 12.1 Å². The van der Waals surface area contributed by atoms with Crippen LogP contribution < -0.4 is 5.32 Å². The summed E-state index contributed by atoms with van der Waals surface area (Å²) in [4.78, 5) is 20.3. The number of carbonyl (C=O) groups is 1. The van der Waals surface area contributed by atoms with Crippen molar-refractivity contribution in [3.63, 3.8) is 0 Å². The fraction of sp³-hybridized carbons (Fsp3) is 0.200. The minimum atomic E-state index is -4.52. The van der Waals surface area contributed by atoms with Gasteiger partial charge in [-0.15, -0.1) is 0 Å². The highest BCUT2D eigenvalue weighted by Crippen LogP contribution is 2.35. The summed E-state index contributed by atoms with van der Waals surface area (Å²) >= 11 is 0. The second kappa shape index (κ2) is 8.86. The standard InChI is InChI=1S/C25H22F3N3O/c1-16-12-13-20-18(15-16)17(24(31-20)22-10-4-5-14-29-22)7-6-11-23(32)30-21-9-3-2-8-19(21)25(26,27)28/h2-5,8-10,12-15,31H,6-7,11H2,1H3,(H,30,32). The van der Waals surface area contributed by atoms with Gasteiger partial charge in [0, 0.05) is 23.5 Å². The van der Waals surface area contributed by atoms with E-state index >= 15 is 0 Å². The molecule has 0 fully saturated rings. The summed E-state index contributed by atoms with van der Waals surface area (Å²) in [5.74, 6) is -0.447. The molecule has 32 heavy (non-hydrogen) atoms. The highest BCUT2D eigenvalue weighted by molar-refractivity contribution is 5.92. The molecule has 4 aromatic rings. The number of amides is 1. The molecular formula is C25H22F3N3O. The van der Waals surface area contributed by atoms with Gasteiger partial charge in [0.25, 0.3) is 0 Å². The van der Waals surface area contributed by atoms with Gasteiger partial charge in [-0.2, -0.15) is 13.2 Å². The second-order valence-electron chi connectivity index (χ2n) is 7.69. The Kier molecular flexibility index (Phi) is 5.99. The molecule has 2 aromatic carbocycles.